The van der Waals surface area contributed by atoms with Crippen LogP contribution in [0.1, 0.15) is 61.3 Å². The van der Waals surface area contributed by atoms with Crippen LogP contribution in [0, 0.1) is 0 Å². The fourth-order valence-corrected chi connectivity index (χ4v) is 5.12. The van der Waals surface area contributed by atoms with Gasteiger partial charge in [-0.05, 0) is 66.5 Å². The summed E-state index contributed by atoms with van der Waals surface area (Å²) in [4.78, 5) is 15.1. The highest BCUT2D eigenvalue weighted by molar-refractivity contribution is 7.91. The predicted octanol–water partition coefficient (Wildman–Crippen LogP) is 5.70. The van der Waals surface area contributed by atoms with Crippen LogP contribution < -0.4 is 5.32 Å². The first-order valence-corrected chi connectivity index (χ1v) is 13.3. The first-order chi connectivity index (χ1) is 16.2. The molecule has 1 amide bonds. The molecule has 0 fully saturated rings. The average molecular weight is 503 g/mol. The highest BCUT2D eigenvalue weighted by Crippen LogP contribution is 2.25. The van der Waals surface area contributed by atoms with Gasteiger partial charge in [0.15, 0.2) is 5.76 Å². The van der Waals surface area contributed by atoms with E-state index in [-0.39, 0.29) is 21.8 Å². The van der Waals surface area contributed by atoms with Gasteiger partial charge in [-0.25, -0.2) is 8.42 Å². The van der Waals surface area contributed by atoms with Crippen molar-refractivity contribution in [3.05, 3.63) is 82.6 Å². The molecule has 2 aromatic carbocycles. The second-order valence-electron chi connectivity index (χ2n) is 8.34. The molecule has 34 heavy (non-hydrogen) atoms. The van der Waals surface area contributed by atoms with E-state index in [1.807, 2.05) is 0 Å². The lowest BCUT2D eigenvalue weighted by Gasteiger charge is -2.30. The number of rotatable bonds is 10. The van der Waals surface area contributed by atoms with E-state index >= 15 is 0 Å². The van der Waals surface area contributed by atoms with Crippen molar-refractivity contribution in [2.45, 2.75) is 49.6 Å². The molecule has 182 valence electrons. The van der Waals surface area contributed by atoms with Crippen LogP contribution in [0.15, 0.2) is 75.1 Å². The first-order valence-electron chi connectivity index (χ1n) is 11.4. The molecular formula is C26H31ClN2O4S. The van der Waals surface area contributed by atoms with Crippen LogP contribution in [0.5, 0.6) is 0 Å². The smallest absolute Gasteiger partial charge is 0.287 e. The van der Waals surface area contributed by atoms with Crippen LogP contribution in [0.3, 0.4) is 0 Å². The molecule has 3 rings (SSSR count). The number of hydrogen-bond acceptors (Lipinski definition) is 5. The number of carbonyl (C=O) groups excluding carboxylic acids is 1. The van der Waals surface area contributed by atoms with Gasteiger partial charge < -0.3 is 9.73 Å². The third-order valence-electron chi connectivity index (χ3n) is 5.89. The van der Waals surface area contributed by atoms with Crippen molar-refractivity contribution in [3.8, 4) is 0 Å². The fourth-order valence-electron chi connectivity index (χ4n) is 3.82. The third kappa shape index (κ3) is 5.90. The van der Waals surface area contributed by atoms with Crippen LogP contribution in [-0.2, 0) is 9.84 Å². The van der Waals surface area contributed by atoms with Gasteiger partial charge in [-0.1, -0.05) is 63.6 Å². The van der Waals surface area contributed by atoms with Crippen LogP contribution in [0.4, 0.5) is 0 Å². The molecule has 0 saturated carbocycles. The Kier molecular flexibility index (Phi) is 8.57. The Morgan fingerprint density at radius 2 is 1.53 bits per heavy atom. The van der Waals surface area contributed by atoms with Gasteiger partial charge in [0.1, 0.15) is 0 Å². The van der Waals surface area contributed by atoms with E-state index in [0.29, 0.717) is 17.5 Å². The molecule has 8 heteroatoms. The normalized spacial score (nSPS) is 12.8. The van der Waals surface area contributed by atoms with Gasteiger partial charge >= 0.3 is 0 Å². The van der Waals surface area contributed by atoms with Crippen molar-refractivity contribution >= 4 is 27.3 Å². The summed E-state index contributed by atoms with van der Waals surface area (Å²) in [7, 11) is -3.89. The van der Waals surface area contributed by atoms with Crippen molar-refractivity contribution in [3.63, 3.8) is 0 Å². The van der Waals surface area contributed by atoms with Crippen molar-refractivity contribution < 1.29 is 17.6 Å². The molecule has 0 aliphatic rings. The summed E-state index contributed by atoms with van der Waals surface area (Å²) in [5, 5.41) is 3.05. The topological polar surface area (TPSA) is 79.6 Å². The van der Waals surface area contributed by atoms with Gasteiger partial charge in [0.2, 0.25) is 14.9 Å². The highest BCUT2D eigenvalue weighted by atomic mass is 35.5. The lowest BCUT2D eigenvalue weighted by molar-refractivity contribution is 0.0902. The molecule has 0 aliphatic carbocycles. The molecule has 3 aromatic rings. The van der Waals surface area contributed by atoms with Gasteiger partial charge in [-0.2, -0.15) is 0 Å². The first kappa shape index (κ1) is 26.0. The maximum absolute atomic E-state index is 12.8. The monoisotopic (exact) mass is 502 g/mol. The molecule has 1 atom stereocenters. The van der Waals surface area contributed by atoms with E-state index in [4.69, 9.17) is 16.0 Å². The summed E-state index contributed by atoms with van der Waals surface area (Å²) in [6.45, 7) is 10.5. The largest absolute Gasteiger partial charge is 0.439 e. The SMILES string of the molecule is CCN(CC)C(CNC(=O)c1ccc(S(=O)(=O)c2ccc(Cl)cc2)o1)c1ccc(C(C)C)cc1. The summed E-state index contributed by atoms with van der Waals surface area (Å²) in [6.07, 6.45) is 0. The Morgan fingerprint density at radius 3 is 2.09 bits per heavy atom. The van der Waals surface area contributed by atoms with E-state index in [2.05, 4.69) is 62.2 Å². The molecular weight excluding hydrogens is 472 g/mol. The highest BCUT2D eigenvalue weighted by Gasteiger charge is 2.25. The molecule has 0 radical (unpaired) electrons. The number of nitrogens with one attached hydrogen (secondary N) is 1. The zero-order chi connectivity index (χ0) is 24.9. The number of furan rings is 1. The van der Waals surface area contributed by atoms with Gasteiger partial charge in [0.25, 0.3) is 5.91 Å². The van der Waals surface area contributed by atoms with Crippen molar-refractivity contribution in [1.29, 1.82) is 0 Å². The lowest BCUT2D eigenvalue weighted by atomic mass is 9.98. The van der Waals surface area contributed by atoms with Gasteiger partial charge in [0, 0.05) is 11.6 Å². The number of sulfone groups is 1. The second-order valence-corrected chi connectivity index (χ2v) is 10.7. The number of nitrogens with zero attached hydrogens (tertiary/aromatic N) is 1. The Bertz CT molecular complexity index is 1200. The van der Waals surface area contributed by atoms with Crippen molar-refractivity contribution in [2.75, 3.05) is 19.6 Å². The summed E-state index contributed by atoms with van der Waals surface area (Å²) in [5.41, 5.74) is 2.37. The molecule has 0 aliphatic heterocycles. The zero-order valence-corrected chi connectivity index (χ0v) is 21.5. The maximum atomic E-state index is 12.8. The number of likely N-dealkylation sites (N-methyl/N-ethyl adjacent to an activating group) is 1. The van der Waals surface area contributed by atoms with Gasteiger partial charge in [0.05, 0.1) is 10.9 Å². The van der Waals surface area contributed by atoms with E-state index < -0.39 is 15.7 Å². The Balaban J connectivity index is 1.76. The number of carbonyl (C=O) groups is 1. The Morgan fingerprint density at radius 1 is 0.941 bits per heavy atom. The van der Waals surface area contributed by atoms with Gasteiger partial charge in [-0.15, -0.1) is 0 Å². The van der Waals surface area contributed by atoms with Crippen molar-refractivity contribution in [1.82, 2.24) is 10.2 Å². The molecule has 1 heterocycles. The number of halogens is 1. The molecule has 0 bridgehead atoms. The molecule has 6 nitrogen and oxygen atoms in total. The van der Waals surface area contributed by atoms with Crippen LogP contribution in [0.25, 0.3) is 0 Å². The van der Waals surface area contributed by atoms with Crippen LogP contribution >= 0.6 is 11.6 Å². The van der Waals surface area contributed by atoms with E-state index in [0.717, 1.165) is 18.7 Å². The molecule has 1 N–H and O–H groups in total. The summed E-state index contributed by atoms with van der Waals surface area (Å²) < 4.78 is 31.0. The molecule has 0 spiro atoms. The van der Waals surface area contributed by atoms with E-state index in [1.165, 1.54) is 42.0 Å². The third-order valence-corrected chi connectivity index (χ3v) is 7.78. The Hall–Kier alpha value is -2.61. The average Bonchev–Trinajstić information content (AvgIpc) is 3.33. The van der Waals surface area contributed by atoms with E-state index in [9.17, 15) is 13.2 Å². The van der Waals surface area contributed by atoms with Crippen molar-refractivity contribution in [2.24, 2.45) is 0 Å². The van der Waals surface area contributed by atoms with Crippen LogP contribution in [0.2, 0.25) is 5.02 Å². The predicted molar refractivity (Wildman–Crippen MR) is 134 cm³/mol. The lowest BCUT2D eigenvalue weighted by Crippen LogP contribution is -2.38. The summed E-state index contributed by atoms with van der Waals surface area (Å²) in [6, 6.07) is 16.9. The minimum atomic E-state index is -3.89. The minimum Gasteiger partial charge on any atom is -0.439 e. The zero-order valence-electron chi connectivity index (χ0n) is 19.9. The fraction of sp³-hybridized carbons (Fsp3) is 0.346. The van der Waals surface area contributed by atoms with Crippen LogP contribution in [-0.4, -0.2) is 38.9 Å². The molecule has 0 saturated heterocycles. The minimum absolute atomic E-state index is 0.0209. The number of hydrogen-bond donors (Lipinski definition) is 1. The molecule has 1 aromatic heterocycles. The standard InChI is InChI=1S/C26H31ClN2O4S/c1-5-29(6-2)23(20-9-7-19(8-10-20)18(3)4)17-28-26(30)24-15-16-25(33-24)34(31,32)22-13-11-21(27)12-14-22/h7-16,18,23H,5-6,17H2,1-4H3,(H,28,30). The second kappa shape index (κ2) is 11.2. The quantitative estimate of drug-likeness (QED) is 0.384. The summed E-state index contributed by atoms with van der Waals surface area (Å²) >= 11 is 5.85. The Labute approximate surface area is 206 Å². The molecule has 1 unspecified atom stereocenters. The van der Waals surface area contributed by atoms with E-state index in [1.54, 1.807) is 0 Å². The maximum Gasteiger partial charge on any atom is 0.287 e. The number of amides is 1. The number of benzene rings is 2. The van der Waals surface area contributed by atoms with Gasteiger partial charge in [-0.3, -0.25) is 9.69 Å². The summed E-state index contributed by atoms with van der Waals surface area (Å²) in [5.74, 6) is -0.0764.